The van der Waals surface area contributed by atoms with Crippen LogP contribution in [0.3, 0.4) is 0 Å². The summed E-state index contributed by atoms with van der Waals surface area (Å²) in [6.45, 7) is -0.385. The summed E-state index contributed by atoms with van der Waals surface area (Å²) < 4.78 is 32.3. The topological polar surface area (TPSA) is 102 Å². The Kier molecular flexibility index (Phi) is 6.57. The van der Waals surface area contributed by atoms with Gasteiger partial charge in [-0.05, 0) is 66.1 Å². The van der Waals surface area contributed by atoms with Gasteiger partial charge in [-0.15, -0.1) is 11.3 Å². The number of carbonyl (C=O) groups is 2. The maximum absolute atomic E-state index is 12.3. The van der Waals surface area contributed by atoms with Crippen molar-refractivity contribution in [1.82, 2.24) is 5.32 Å². The fourth-order valence-electron chi connectivity index (χ4n) is 3.65. The summed E-state index contributed by atoms with van der Waals surface area (Å²) in [5, 5.41) is 4.62. The Hall–Kier alpha value is -3.17. The maximum Gasteiger partial charge on any atom is 0.338 e. The number of nitrogens with one attached hydrogen (secondary N) is 2. The average molecular weight is 471 g/mol. The number of fused-ring (bicyclic) bond motifs is 1. The molecule has 0 aliphatic heterocycles. The van der Waals surface area contributed by atoms with E-state index >= 15 is 0 Å². The van der Waals surface area contributed by atoms with Gasteiger partial charge in [0.05, 0.1) is 11.6 Å². The van der Waals surface area contributed by atoms with Gasteiger partial charge in [0.1, 0.15) is 4.21 Å². The molecular weight excluding hydrogens is 448 g/mol. The molecule has 1 atom stereocenters. The minimum atomic E-state index is -3.66. The highest BCUT2D eigenvalue weighted by atomic mass is 32.2. The molecule has 1 aliphatic rings. The lowest BCUT2D eigenvalue weighted by Crippen LogP contribution is -2.34. The van der Waals surface area contributed by atoms with E-state index in [0.717, 1.165) is 36.2 Å². The van der Waals surface area contributed by atoms with Gasteiger partial charge in [0, 0.05) is 5.69 Å². The van der Waals surface area contributed by atoms with Gasteiger partial charge in [-0.2, -0.15) is 0 Å². The molecule has 0 fully saturated rings. The fourth-order valence-corrected chi connectivity index (χ4v) is 5.70. The quantitative estimate of drug-likeness (QED) is 0.510. The molecule has 0 spiro atoms. The second-order valence-electron chi connectivity index (χ2n) is 7.40. The SMILES string of the molecule is O=C(COC(=O)c1ccc(NS(=O)(=O)c2cccs2)cc1)N[C@H]1CCCc2ccccc21. The number of sulfonamides is 1. The van der Waals surface area contributed by atoms with E-state index in [4.69, 9.17) is 4.74 Å². The number of thiophene rings is 1. The molecule has 2 N–H and O–H groups in total. The van der Waals surface area contributed by atoms with Gasteiger partial charge in [-0.25, -0.2) is 13.2 Å². The first-order valence-electron chi connectivity index (χ1n) is 10.1. The van der Waals surface area contributed by atoms with Crippen LogP contribution in [0.15, 0.2) is 70.3 Å². The first-order chi connectivity index (χ1) is 15.4. The largest absolute Gasteiger partial charge is 0.452 e. The Morgan fingerprint density at radius 3 is 2.56 bits per heavy atom. The number of hydrogen-bond acceptors (Lipinski definition) is 6. The third-order valence-corrected chi connectivity index (χ3v) is 7.95. The predicted octanol–water partition coefficient (Wildman–Crippen LogP) is 3.90. The highest BCUT2D eigenvalue weighted by Gasteiger charge is 2.22. The van der Waals surface area contributed by atoms with E-state index in [-0.39, 0.29) is 28.3 Å². The van der Waals surface area contributed by atoms with Crippen LogP contribution in [0.25, 0.3) is 0 Å². The molecule has 1 amide bonds. The van der Waals surface area contributed by atoms with Crippen molar-refractivity contribution in [2.24, 2.45) is 0 Å². The number of benzene rings is 2. The summed E-state index contributed by atoms with van der Waals surface area (Å²) in [5.41, 5.74) is 2.89. The third kappa shape index (κ3) is 5.17. The second-order valence-corrected chi connectivity index (χ2v) is 10.3. The minimum absolute atomic E-state index is 0.0817. The van der Waals surface area contributed by atoms with E-state index in [2.05, 4.69) is 16.1 Å². The molecule has 166 valence electrons. The molecule has 2 aromatic carbocycles. The number of amides is 1. The van der Waals surface area contributed by atoms with Crippen LogP contribution in [0.4, 0.5) is 5.69 Å². The Morgan fingerprint density at radius 2 is 1.81 bits per heavy atom. The maximum atomic E-state index is 12.3. The Bertz CT molecular complexity index is 1210. The Labute approximate surface area is 190 Å². The van der Waals surface area contributed by atoms with E-state index < -0.39 is 16.0 Å². The van der Waals surface area contributed by atoms with Crippen LogP contribution in [-0.4, -0.2) is 26.9 Å². The highest BCUT2D eigenvalue weighted by molar-refractivity contribution is 7.94. The molecule has 0 bridgehead atoms. The van der Waals surface area contributed by atoms with Crippen molar-refractivity contribution in [2.75, 3.05) is 11.3 Å². The van der Waals surface area contributed by atoms with Crippen LogP contribution >= 0.6 is 11.3 Å². The molecule has 0 saturated heterocycles. The number of anilines is 1. The summed E-state index contributed by atoms with van der Waals surface area (Å²) in [6.07, 6.45) is 2.83. The van der Waals surface area contributed by atoms with Crippen LogP contribution in [0.2, 0.25) is 0 Å². The Balaban J connectivity index is 1.30. The number of hydrogen-bond donors (Lipinski definition) is 2. The van der Waals surface area contributed by atoms with Gasteiger partial charge in [0.15, 0.2) is 6.61 Å². The molecule has 9 heteroatoms. The van der Waals surface area contributed by atoms with Crippen molar-refractivity contribution in [1.29, 1.82) is 0 Å². The number of aryl methyl sites for hydroxylation is 1. The van der Waals surface area contributed by atoms with Gasteiger partial charge in [0.25, 0.3) is 15.9 Å². The predicted molar refractivity (Wildman–Crippen MR) is 122 cm³/mol. The zero-order chi connectivity index (χ0) is 22.6. The molecule has 0 unspecified atom stereocenters. The average Bonchev–Trinajstić information content (AvgIpc) is 3.34. The van der Waals surface area contributed by atoms with E-state index in [1.165, 1.54) is 35.9 Å². The molecule has 7 nitrogen and oxygen atoms in total. The van der Waals surface area contributed by atoms with Crippen LogP contribution in [0.1, 0.15) is 40.4 Å². The number of carbonyl (C=O) groups excluding carboxylic acids is 2. The van der Waals surface area contributed by atoms with Gasteiger partial charge in [0.2, 0.25) is 0 Å². The van der Waals surface area contributed by atoms with E-state index in [1.807, 2.05) is 18.2 Å². The molecule has 3 aromatic rings. The second kappa shape index (κ2) is 9.54. The van der Waals surface area contributed by atoms with Gasteiger partial charge in [-0.1, -0.05) is 30.3 Å². The van der Waals surface area contributed by atoms with Crippen molar-refractivity contribution in [2.45, 2.75) is 29.5 Å². The van der Waals surface area contributed by atoms with Crippen LogP contribution < -0.4 is 10.0 Å². The monoisotopic (exact) mass is 470 g/mol. The smallest absolute Gasteiger partial charge is 0.338 e. The summed E-state index contributed by atoms with van der Waals surface area (Å²) in [7, 11) is -3.66. The third-order valence-electron chi connectivity index (χ3n) is 5.17. The van der Waals surface area contributed by atoms with E-state index in [9.17, 15) is 18.0 Å². The van der Waals surface area contributed by atoms with Crippen molar-refractivity contribution in [3.05, 3.63) is 82.7 Å². The first kappa shape index (κ1) is 22.0. The van der Waals surface area contributed by atoms with Crippen LogP contribution in [0, 0.1) is 0 Å². The van der Waals surface area contributed by atoms with E-state index in [0.29, 0.717) is 5.69 Å². The molecule has 32 heavy (non-hydrogen) atoms. The lowest BCUT2D eigenvalue weighted by molar-refractivity contribution is -0.125. The van der Waals surface area contributed by atoms with Crippen LogP contribution in [-0.2, 0) is 26.0 Å². The van der Waals surface area contributed by atoms with Crippen molar-refractivity contribution in [3.63, 3.8) is 0 Å². The first-order valence-corrected chi connectivity index (χ1v) is 12.5. The summed E-state index contributed by atoms with van der Waals surface area (Å²) in [5.74, 6) is -1.02. The molecule has 4 rings (SSSR count). The van der Waals surface area contributed by atoms with Gasteiger partial charge >= 0.3 is 5.97 Å². The zero-order valence-electron chi connectivity index (χ0n) is 17.1. The number of esters is 1. The normalized spacial score (nSPS) is 15.4. The molecule has 0 radical (unpaired) electrons. The molecule has 1 heterocycles. The molecule has 1 aliphatic carbocycles. The lowest BCUT2D eigenvalue weighted by Gasteiger charge is -2.26. The van der Waals surface area contributed by atoms with Crippen molar-refractivity contribution < 1.29 is 22.7 Å². The molecule has 1 aromatic heterocycles. The zero-order valence-corrected chi connectivity index (χ0v) is 18.7. The summed E-state index contributed by atoms with van der Waals surface area (Å²) >= 11 is 1.11. The fraction of sp³-hybridized carbons (Fsp3) is 0.217. The van der Waals surface area contributed by atoms with Gasteiger partial charge in [-0.3, -0.25) is 9.52 Å². The molecular formula is C23H22N2O5S2. The van der Waals surface area contributed by atoms with Gasteiger partial charge < -0.3 is 10.1 Å². The summed E-state index contributed by atoms with van der Waals surface area (Å²) in [4.78, 5) is 24.6. The number of rotatable bonds is 7. The molecule has 0 saturated carbocycles. The minimum Gasteiger partial charge on any atom is -0.452 e. The summed E-state index contributed by atoms with van der Waals surface area (Å²) in [6, 6.07) is 16.9. The van der Waals surface area contributed by atoms with Crippen molar-refractivity contribution in [3.8, 4) is 0 Å². The Morgan fingerprint density at radius 1 is 1.03 bits per heavy atom. The lowest BCUT2D eigenvalue weighted by atomic mass is 9.88. The van der Waals surface area contributed by atoms with Crippen molar-refractivity contribution >= 4 is 38.9 Å². The standard InChI is InChI=1S/C23H22N2O5S2/c26-21(24-20-8-3-6-16-5-1-2-7-19(16)20)15-30-23(27)17-10-12-18(13-11-17)25-32(28,29)22-9-4-14-31-22/h1-2,4-5,7,9-14,20,25H,3,6,8,15H2,(H,24,26)/t20-/m0/s1. The van der Waals surface area contributed by atoms with E-state index in [1.54, 1.807) is 11.4 Å². The highest BCUT2D eigenvalue weighted by Crippen LogP contribution is 2.29. The van der Waals surface area contributed by atoms with Crippen LogP contribution in [0.5, 0.6) is 0 Å². The number of ether oxygens (including phenoxy) is 1.